The van der Waals surface area contributed by atoms with Gasteiger partial charge in [0.25, 0.3) is 5.91 Å². The average Bonchev–Trinajstić information content (AvgIpc) is 3.40. The van der Waals surface area contributed by atoms with Gasteiger partial charge in [0.05, 0.1) is 11.4 Å². The molecule has 2 aromatic heterocycles. The highest BCUT2D eigenvalue weighted by Gasteiger charge is 2.23. The molecule has 0 N–H and O–H groups in total. The summed E-state index contributed by atoms with van der Waals surface area (Å²) in [6, 6.07) is 13.9. The van der Waals surface area contributed by atoms with Gasteiger partial charge in [-0.2, -0.15) is 0 Å². The molecule has 2 amide bonds. The van der Waals surface area contributed by atoms with E-state index in [1.54, 1.807) is 39.3 Å². The second-order valence-electron chi connectivity index (χ2n) is 7.09. The number of carbonyl (C=O) groups is 2. The molecule has 2 heterocycles. The van der Waals surface area contributed by atoms with Gasteiger partial charge in [-0.1, -0.05) is 25.1 Å². The van der Waals surface area contributed by atoms with E-state index in [0.717, 1.165) is 16.9 Å². The number of halogens is 1. The summed E-state index contributed by atoms with van der Waals surface area (Å²) >= 11 is 3.03. The Balaban J connectivity index is 1.78. The van der Waals surface area contributed by atoms with Crippen LogP contribution in [0.5, 0.6) is 0 Å². The minimum Gasteiger partial charge on any atom is -0.332 e. The molecule has 0 aliphatic heterocycles. The van der Waals surface area contributed by atoms with Crippen LogP contribution in [0.1, 0.15) is 38.3 Å². The summed E-state index contributed by atoms with van der Waals surface area (Å²) in [6.45, 7) is 5.39. The van der Waals surface area contributed by atoms with Crippen LogP contribution < -0.4 is 0 Å². The number of benzene rings is 1. The van der Waals surface area contributed by atoms with Crippen LogP contribution in [0.25, 0.3) is 0 Å². The van der Waals surface area contributed by atoms with Gasteiger partial charge in [0.15, 0.2) is 0 Å². The van der Waals surface area contributed by atoms with Gasteiger partial charge in [-0.15, -0.1) is 22.7 Å². The van der Waals surface area contributed by atoms with Crippen molar-refractivity contribution in [2.75, 3.05) is 13.1 Å². The van der Waals surface area contributed by atoms with Crippen LogP contribution in [-0.2, 0) is 17.9 Å². The van der Waals surface area contributed by atoms with E-state index in [1.807, 2.05) is 37.4 Å². The Kier molecular flexibility index (Phi) is 7.76. The molecule has 0 radical (unpaired) electrons. The van der Waals surface area contributed by atoms with Crippen molar-refractivity contribution in [2.45, 2.75) is 33.4 Å². The fourth-order valence-corrected chi connectivity index (χ4v) is 4.74. The first kappa shape index (κ1) is 22.2. The van der Waals surface area contributed by atoms with Gasteiger partial charge in [-0.25, -0.2) is 4.39 Å². The predicted molar refractivity (Wildman–Crippen MR) is 120 cm³/mol. The molecule has 7 heteroatoms. The Bertz CT molecular complexity index is 968. The number of hydrogen-bond donors (Lipinski definition) is 0. The normalized spacial score (nSPS) is 10.8. The second-order valence-corrected chi connectivity index (χ2v) is 9.41. The van der Waals surface area contributed by atoms with Crippen molar-refractivity contribution in [1.82, 2.24) is 9.80 Å². The number of aryl methyl sites for hydroxylation is 1. The van der Waals surface area contributed by atoms with Gasteiger partial charge in [-0.3, -0.25) is 9.59 Å². The molecule has 0 aliphatic rings. The lowest BCUT2D eigenvalue weighted by atomic mass is 10.2. The first-order valence-electron chi connectivity index (χ1n) is 9.86. The van der Waals surface area contributed by atoms with Gasteiger partial charge in [0.2, 0.25) is 5.91 Å². The maximum atomic E-state index is 13.3. The van der Waals surface area contributed by atoms with Gasteiger partial charge in [-0.05, 0) is 54.6 Å². The molecule has 0 saturated carbocycles. The van der Waals surface area contributed by atoms with E-state index < -0.39 is 0 Å². The van der Waals surface area contributed by atoms with Crippen LogP contribution in [0, 0.1) is 12.7 Å². The SMILES string of the molecule is CCCN(CC(=O)N(Cc1ccc(F)cc1)Cc1ccc(C)s1)C(=O)c1cccs1. The van der Waals surface area contributed by atoms with Crippen molar-refractivity contribution in [3.8, 4) is 0 Å². The van der Waals surface area contributed by atoms with E-state index >= 15 is 0 Å². The molecule has 30 heavy (non-hydrogen) atoms. The van der Waals surface area contributed by atoms with Crippen molar-refractivity contribution in [3.63, 3.8) is 0 Å². The van der Waals surface area contributed by atoms with Crippen molar-refractivity contribution in [2.24, 2.45) is 0 Å². The molecular formula is C23H25FN2O2S2. The van der Waals surface area contributed by atoms with E-state index in [4.69, 9.17) is 0 Å². The molecule has 0 aliphatic carbocycles. The zero-order valence-corrected chi connectivity index (χ0v) is 18.8. The molecule has 0 bridgehead atoms. The molecule has 3 aromatic rings. The second kappa shape index (κ2) is 10.5. The highest BCUT2D eigenvalue weighted by molar-refractivity contribution is 7.12. The van der Waals surface area contributed by atoms with Gasteiger partial charge in [0, 0.05) is 22.8 Å². The first-order valence-corrected chi connectivity index (χ1v) is 11.6. The first-order chi connectivity index (χ1) is 14.5. The molecule has 1 aromatic carbocycles. The summed E-state index contributed by atoms with van der Waals surface area (Å²) in [6.07, 6.45) is 0.770. The number of carbonyl (C=O) groups excluding carboxylic acids is 2. The maximum Gasteiger partial charge on any atom is 0.264 e. The minimum absolute atomic E-state index is 0.0239. The standard InChI is InChI=1S/C23H25FN2O2S2/c1-3-12-25(23(28)21-5-4-13-29-21)16-22(27)26(15-20-11-6-17(2)30-20)14-18-7-9-19(24)10-8-18/h4-11,13H,3,12,14-16H2,1-2H3. The monoisotopic (exact) mass is 444 g/mol. The lowest BCUT2D eigenvalue weighted by molar-refractivity contribution is -0.133. The summed E-state index contributed by atoms with van der Waals surface area (Å²) in [5, 5.41) is 1.86. The van der Waals surface area contributed by atoms with Crippen molar-refractivity contribution in [3.05, 3.63) is 79.9 Å². The zero-order chi connectivity index (χ0) is 21.5. The minimum atomic E-state index is -0.304. The summed E-state index contributed by atoms with van der Waals surface area (Å²) in [5.41, 5.74) is 0.852. The summed E-state index contributed by atoms with van der Waals surface area (Å²) < 4.78 is 13.3. The number of thiophene rings is 2. The van der Waals surface area contributed by atoms with Crippen LogP contribution in [0.3, 0.4) is 0 Å². The number of amides is 2. The molecule has 0 unspecified atom stereocenters. The molecular weight excluding hydrogens is 419 g/mol. The quantitative estimate of drug-likeness (QED) is 0.447. The fourth-order valence-electron chi connectivity index (χ4n) is 3.14. The van der Waals surface area contributed by atoms with Crippen LogP contribution in [0.15, 0.2) is 53.9 Å². The number of nitrogens with zero attached hydrogens (tertiary/aromatic N) is 2. The summed E-state index contributed by atoms with van der Waals surface area (Å²) in [4.78, 5) is 32.3. The molecule has 0 atom stereocenters. The fraction of sp³-hybridized carbons (Fsp3) is 0.304. The highest BCUT2D eigenvalue weighted by Crippen LogP contribution is 2.20. The van der Waals surface area contributed by atoms with Gasteiger partial charge < -0.3 is 9.80 Å². The molecule has 158 valence electrons. The maximum absolute atomic E-state index is 13.3. The van der Waals surface area contributed by atoms with E-state index in [2.05, 4.69) is 0 Å². The molecule has 0 spiro atoms. The van der Waals surface area contributed by atoms with Gasteiger partial charge >= 0.3 is 0 Å². The van der Waals surface area contributed by atoms with E-state index in [0.29, 0.717) is 24.5 Å². The Labute approximate surface area is 184 Å². The summed E-state index contributed by atoms with van der Waals surface area (Å²) in [7, 11) is 0. The lowest BCUT2D eigenvalue weighted by Gasteiger charge is -2.27. The number of hydrogen-bond acceptors (Lipinski definition) is 4. The summed E-state index contributed by atoms with van der Waals surface area (Å²) in [5.74, 6) is -0.543. The highest BCUT2D eigenvalue weighted by atomic mass is 32.1. The van der Waals surface area contributed by atoms with Crippen LogP contribution >= 0.6 is 22.7 Å². The van der Waals surface area contributed by atoms with E-state index in [-0.39, 0.29) is 24.2 Å². The number of rotatable bonds is 9. The zero-order valence-electron chi connectivity index (χ0n) is 17.1. The molecule has 3 rings (SSSR count). The van der Waals surface area contributed by atoms with E-state index in [1.165, 1.54) is 28.3 Å². The third-order valence-corrected chi connectivity index (χ3v) is 6.46. The average molecular weight is 445 g/mol. The van der Waals surface area contributed by atoms with Crippen molar-refractivity contribution in [1.29, 1.82) is 0 Å². The Hall–Kier alpha value is -2.51. The molecule has 0 fully saturated rings. The smallest absolute Gasteiger partial charge is 0.264 e. The van der Waals surface area contributed by atoms with Gasteiger partial charge in [0.1, 0.15) is 12.4 Å². The Morgan fingerprint density at radius 1 is 1.00 bits per heavy atom. The molecule has 4 nitrogen and oxygen atoms in total. The third-order valence-electron chi connectivity index (χ3n) is 4.62. The Morgan fingerprint density at radius 3 is 2.37 bits per heavy atom. The van der Waals surface area contributed by atoms with Crippen molar-refractivity contribution < 1.29 is 14.0 Å². The predicted octanol–water partition coefficient (Wildman–Crippen LogP) is 5.34. The third kappa shape index (κ3) is 6.00. The Morgan fingerprint density at radius 2 is 1.77 bits per heavy atom. The lowest BCUT2D eigenvalue weighted by Crippen LogP contribution is -2.42. The van der Waals surface area contributed by atoms with Crippen molar-refractivity contribution >= 4 is 34.5 Å². The van der Waals surface area contributed by atoms with E-state index in [9.17, 15) is 14.0 Å². The van der Waals surface area contributed by atoms with Crippen LogP contribution in [-0.4, -0.2) is 34.7 Å². The largest absolute Gasteiger partial charge is 0.332 e. The van der Waals surface area contributed by atoms with Crippen LogP contribution in [0.2, 0.25) is 0 Å². The van der Waals surface area contributed by atoms with Crippen LogP contribution in [0.4, 0.5) is 4.39 Å². The molecule has 0 saturated heterocycles. The topological polar surface area (TPSA) is 40.6 Å².